The van der Waals surface area contributed by atoms with Crippen molar-refractivity contribution in [3.63, 3.8) is 0 Å². The predicted molar refractivity (Wildman–Crippen MR) is 82.2 cm³/mol. The van der Waals surface area contributed by atoms with Gasteiger partial charge in [0.05, 0.1) is 0 Å². The molecule has 0 spiro atoms. The molecule has 19 heavy (non-hydrogen) atoms. The summed E-state index contributed by atoms with van der Waals surface area (Å²) in [7, 11) is 0. The first-order valence-corrected chi connectivity index (χ1v) is 7.71. The molecule has 1 fully saturated rings. The third-order valence-electron chi connectivity index (χ3n) is 3.83. The van der Waals surface area contributed by atoms with Gasteiger partial charge in [0.25, 0.3) is 5.91 Å². The fourth-order valence-electron chi connectivity index (χ4n) is 3.33. The van der Waals surface area contributed by atoms with Gasteiger partial charge in [-0.1, -0.05) is 36.7 Å². The van der Waals surface area contributed by atoms with E-state index in [1.165, 1.54) is 6.42 Å². The fraction of sp³-hybridized carbons (Fsp3) is 0.562. The molecule has 1 aromatic carbocycles. The minimum absolute atomic E-state index is 0.0439. The Morgan fingerprint density at radius 1 is 1.26 bits per heavy atom. The van der Waals surface area contributed by atoms with E-state index in [2.05, 4.69) is 42.0 Å². The lowest BCUT2D eigenvalue weighted by Gasteiger charge is -2.39. The zero-order valence-electron chi connectivity index (χ0n) is 11.9. The van der Waals surface area contributed by atoms with Crippen molar-refractivity contribution >= 4 is 21.8 Å². The minimum Gasteiger partial charge on any atom is -0.349 e. The Morgan fingerprint density at radius 2 is 1.89 bits per heavy atom. The third-order valence-corrected chi connectivity index (χ3v) is 4.36. The van der Waals surface area contributed by atoms with Crippen LogP contribution in [0.5, 0.6) is 0 Å². The first-order valence-electron chi connectivity index (χ1n) is 6.92. The van der Waals surface area contributed by atoms with Gasteiger partial charge in [0.2, 0.25) is 0 Å². The Hall–Kier alpha value is -0.830. The predicted octanol–water partition coefficient (Wildman–Crippen LogP) is 4.39. The first kappa shape index (κ1) is 14.6. The van der Waals surface area contributed by atoms with Gasteiger partial charge in [-0.2, -0.15) is 0 Å². The summed E-state index contributed by atoms with van der Waals surface area (Å²) in [6.45, 7) is 6.86. The van der Waals surface area contributed by atoms with Crippen LogP contribution in [0.25, 0.3) is 0 Å². The van der Waals surface area contributed by atoms with Crippen LogP contribution in [-0.4, -0.2) is 11.9 Å². The van der Waals surface area contributed by atoms with Crippen molar-refractivity contribution in [1.29, 1.82) is 0 Å². The topological polar surface area (TPSA) is 29.1 Å². The number of hydrogen-bond donors (Lipinski definition) is 1. The van der Waals surface area contributed by atoms with Gasteiger partial charge < -0.3 is 5.32 Å². The lowest BCUT2D eigenvalue weighted by Crippen LogP contribution is -2.42. The molecule has 0 aliphatic heterocycles. The third kappa shape index (κ3) is 4.07. The van der Waals surface area contributed by atoms with Gasteiger partial charge in [-0.15, -0.1) is 0 Å². The average molecular weight is 324 g/mol. The Bertz CT molecular complexity index is 452. The average Bonchev–Trinajstić information content (AvgIpc) is 2.26. The van der Waals surface area contributed by atoms with Crippen LogP contribution in [0.3, 0.4) is 0 Å². The number of hydrogen-bond acceptors (Lipinski definition) is 1. The quantitative estimate of drug-likeness (QED) is 0.859. The molecule has 104 valence electrons. The number of halogens is 1. The number of amides is 1. The van der Waals surface area contributed by atoms with E-state index in [-0.39, 0.29) is 5.91 Å². The molecule has 3 heteroatoms. The molecule has 2 atom stereocenters. The lowest BCUT2D eigenvalue weighted by molar-refractivity contribution is 0.0874. The molecule has 1 amide bonds. The second-order valence-corrected chi connectivity index (χ2v) is 7.51. The minimum atomic E-state index is 0.0439. The Morgan fingerprint density at radius 3 is 2.47 bits per heavy atom. The zero-order chi connectivity index (χ0) is 14.0. The standard InChI is InChI=1S/C16H22BrNO/c1-11-8-14(10-16(2,3)9-11)18-15(19)12-4-6-13(17)7-5-12/h4-7,11,14H,8-10H2,1-3H3,(H,18,19)/t11-,14-/m1/s1. The molecule has 0 aromatic heterocycles. The van der Waals surface area contributed by atoms with Gasteiger partial charge in [0, 0.05) is 16.1 Å². The van der Waals surface area contributed by atoms with Gasteiger partial charge in [0.1, 0.15) is 0 Å². The maximum atomic E-state index is 12.2. The highest BCUT2D eigenvalue weighted by molar-refractivity contribution is 9.10. The molecular weight excluding hydrogens is 302 g/mol. The molecule has 1 aliphatic carbocycles. The summed E-state index contributed by atoms with van der Waals surface area (Å²) in [5.41, 5.74) is 1.06. The van der Waals surface area contributed by atoms with Gasteiger partial charge in [0.15, 0.2) is 0 Å². The highest BCUT2D eigenvalue weighted by Crippen LogP contribution is 2.38. The van der Waals surface area contributed by atoms with Crippen LogP contribution in [-0.2, 0) is 0 Å². The molecule has 0 bridgehead atoms. The SMILES string of the molecule is C[C@@H]1C[C@@H](NC(=O)c2ccc(Br)cc2)CC(C)(C)C1. The molecule has 0 heterocycles. The van der Waals surface area contributed by atoms with E-state index >= 15 is 0 Å². The summed E-state index contributed by atoms with van der Waals surface area (Å²) in [6, 6.07) is 7.83. The maximum Gasteiger partial charge on any atom is 0.251 e. The second kappa shape index (κ2) is 5.66. The molecule has 1 aromatic rings. The Kier molecular flexibility index (Phi) is 4.34. The first-order chi connectivity index (χ1) is 8.85. The van der Waals surface area contributed by atoms with E-state index in [4.69, 9.17) is 0 Å². The van der Waals surface area contributed by atoms with Crippen LogP contribution < -0.4 is 5.32 Å². The second-order valence-electron chi connectivity index (χ2n) is 6.59. The summed E-state index contributed by atoms with van der Waals surface area (Å²) in [4.78, 5) is 12.2. The molecule has 1 aliphatic rings. The van der Waals surface area contributed by atoms with E-state index in [9.17, 15) is 4.79 Å². The van der Waals surface area contributed by atoms with Crippen LogP contribution in [0.4, 0.5) is 0 Å². The van der Waals surface area contributed by atoms with E-state index < -0.39 is 0 Å². The van der Waals surface area contributed by atoms with Gasteiger partial charge in [-0.05, 0) is 54.9 Å². The number of carbonyl (C=O) groups excluding carboxylic acids is 1. The molecule has 2 nitrogen and oxygen atoms in total. The smallest absolute Gasteiger partial charge is 0.251 e. The normalized spacial score (nSPS) is 25.9. The lowest BCUT2D eigenvalue weighted by atomic mass is 9.70. The molecule has 2 rings (SSSR count). The van der Waals surface area contributed by atoms with E-state index in [1.54, 1.807) is 0 Å². The van der Waals surface area contributed by atoms with Crippen molar-refractivity contribution in [3.05, 3.63) is 34.3 Å². The highest BCUT2D eigenvalue weighted by atomic mass is 79.9. The van der Waals surface area contributed by atoms with Crippen molar-refractivity contribution in [3.8, 4) is 0 Å². The summed E-state index contributed by atoms with van der Waals surface area (Å²) >= 11 is 3.38. The van der Waals surface area contributed by atoms with Gasteiger partial charge >= 0.3 is 0 Å². The van der Waals surface area contributed by atoms with Gasteiger partial charge in [-0.25, -0.2) is 0 Å². The van der Waals surface area contributed by atoms with Crippen molar-refractivity contribution in [2.45, 2.75) is 46.1 Å². The van der Waals surface area contributed by atoms with Gasteiger partial charge in [-0.3, -0.25) is 4.79 Å². The number of benzene rings is 1. The summed E-state index contributed by atoms with van der Waals surface area (Å²) in [5.74, 6) is 0.723. The number of nitrogens with one attached hydrogen (secondary N) is 1. The van der Waals surface area contributed by atoms with Crippen molar-refractivity contribution in [2.24, 2.45) is 11.3 Å². The van der Waals surface area contributed by atoms with Crippen molar-refractivity contribution in [2.75, 3.05) is 0 Å². The number of rotatable bonds is 2. The molecule has 0 radical (unpaired) electrons. The monoisotopic (exact) mass is 323 g/mol. The highest BCUT2D eigenvalue weighted by Gasteiger charge is 2.32. The zero-order valence-corrected chi connectivity index (χ0v) is 13.5. The summed E-state index contributed by atoms with van der Waals surface area (Å²) in [6.07, 6.45) is 3.41. The molecule has 0 unspecified atom stereocenters. The maximum absolute atomic E-state index is 12.2. The molecule has 0 saturated heterocycles. The molecular formula is C16H22BrNO. The van der Waals surface area contributed by atoms with E-state index in [0.29, 0.717) is 17.4 Å². The summed E-state index contributed by atoms with van der Waals surface area (Å²) in [5, 5.41) is 3.19. The summed E-state index contributed by atoms with van der Waals surface area (Å²) < 4.78 is 0.997. The van der Waals surface area contributed by atoms with E-state index in [0.717, 1.165) is 22.9 Å². The Balaban J connectivity index is 2.00. The van der Waals surface area contributed by atoms with Crippen LogP contribution in [0, 0.1) is 11.3 Å². The van der Waals surface area contributed by atoms with Crippen LogP contribution >= 0.6 is 15.9 Å². The van der Waals surface area contributed by atoms with Crippen molar-refractivity contribution < 1.29 is 4.79 Å². The van der Waals surface area contributed by atoms with Crippen molar-refractivity contribution in [1.82, 2.24) is 5.32 Å². The fourth-order valence-corrected chi connectivity index (χ4v) is 3.59. The Labute approximate surface area is 124 Å². The number of carbonyl (C=O) groups is 1. The molecule has 1 saturated carbocycles. The van der Waals surface area contributed by atoms with Crippen LogP contribution in [0.2, 0.25) is 0 Å². The van der Waals surface area contributed by atoms with Crippen LogP contribution in [0.15, 0.2) is 28.7 Å². The van der Waals surface area contributed by atoms with Crippen LogP contribution in [0.1, 0.15) is 50.4 Å². The molecule has 1 N–H and O–H groups in total. The largest absolute Gasteiger partial charge is 0.349 e. The van der Waals surface area contributed by atoms with E-state index in [1.807, 2.05) is 24.3 Å².